The molecule has 0 aliphatic heterocycles. The molecule has 0 spiro atoms. The van der Waals surface area contributed by atoms with Gasteiger partial charge in [-0.3, -0.25) is 0 Å². The van der Waals surface area contributed by atoms with E-state index in [-0.39, 0.29) is 11.4 Å². The highest BCUT2D eigenvalue weighted by Crippen LogP contribution is 2.23. The SMILES string of the molecule is Cc1cscc1CNc1c(F)cc(N)cc1F. The summed E-state index contributed by atoms with van der Waals surface area (Å²) in [6.07, 6.45) is 0. The summed E-state index contributed by atoms with van der Waals surface area (Å²) in [6.45, 7) is 2.36. The van der Waals surface area contributed by atoms with Gasteiger partial charge in [0.2, 0.25) is 0 Å². The van der Waals surface area contributed by atoms with Crippen LogP contribution in [0.2, 0.25) is 0 Å². The zero-order valence-electron chi connectivity index (χ0n) is 9.26. The molecule has 0 bridgehead atoms. The molecule has 90 valence electrons. The van der Waals surface area contributed by atoms with Crippen LogP contribution in [-0.2, 0) is 6.54 Å². The van der Waals surface area contributed by atoms with E-state index in [4.69, 9.17) is 5.73 Å². The second-order valence-corrected chi connectivity index (χ2v) is 4.54. The van der Waals surface area contributed by atoms with Crippen molar-refractivity contribution in [1.82, 2.24) is 0 Å². The molecule has 2 rings (SSSR count). The summed E-state index contributed by atoms with van der Waals surface area (Å²) in [5, 5.41) is 6.70. The van der Waals surface area contributed by atoms with Gasteiger partial charge < -0.3 is 11.1 Å². The smallest absolute Gasteiger partial charge is 0.151 e. The Morgan fingerprint density at radius 2 is 1.88 bits per heavy atom. The average Bonchev–Trinajstić information content (AvgIpc) is 2.62. The number of aryl methyl sites for hydroxylation is 1. The largest absolute Gasteiger partial charge is 0.399 e. The third-order valence-electron chi connectivity index (χ3n) is 2.48. The molecular weight excluding hydrogens is 242 g/mol. The van der Waals surface area contributed by atoms with Gasteiger partial charge in [0, 0.05) is 12.2 Å². The van der Waals surface area contributed by atoms with Crippen molar-refractivity contribution >= 4 is 22.7 Å². The van der Waals surface area contributed by atoms with E-state index in [1.165, 1.54) is 0 Å². The van der Waals surface area contributed by atoms with Crippen LogP contribution >= 0.6 is 11.3 Å². The summed E-state index contributed by atoms with van der Waals surface area (Å²) in [7, 11) is 0. The molecule has 1 aromatic carbocycles. The number of anilines is 2. The van der Waals surface area contributed by atoms with Gasteiger partial charge in [0.1, 0.15) is 5.69 Å². The minimum absolute atomic E-state index is 0.0808. The minimum Gasteiger partial charge on any atom is -0.399 e. The monoisotopic (exact) mass is 254 g/mol. The van der Waals surface area contributed by atoms with Crippen molar-refractivity contribution < 1.29 is 8.78 Å². The normalized spacial score (nSPS) is 10.5. The number of nitrogens with two attached hydrogens (primary N) is 1. The second-order valence-electron chi connectivity index (χ2n) is 3.79. The Bertz CT molecular complexity index is 514. The van der Waals surface area contributed by atoms with Crippen molar-refractivity contribution in [2.24, 2.45) is 0 Å². The van der Waals surface area contributed by atoms with E-state index in [0.717, 1.165) is 23.3 Å². The Kier molecular flexibility index (Phi) is 3.28. The summed E-state index contributed by atoms with van der Waals surface area (Å²) in [4.78, 5) is 0. The highest BCUT2D eigenvalue weighted by Gasteiger charge is 2.10. The Morgan fingerprint density at radius 1 is 1.24 bits per heavy atom. The van der Waals surface area contributed by atoms with Gasteiger partial charge in [-0.25, -0.2) is 8.78 Å². The summed E-state index contributed by atoms with van der Waals surface area (Å²) in [5.74, 6) is -1.34. The van der Waals surface area contributed by atoms with Crippen molar-refractivity contribution in [2.75, 3.05) is 11.1 Å². The van der Waals surface area contributed by atoms with E-state index >= 15 is 0 Å². The molecule has 2 nitrogen and oxygen atoms in total. The number of rotatable bonds is 3. The summed E-state index contributed by atoms with van der Waals surface area (Å²) >= 11 is 1.56. The lowest BCUT2D eigenvalue weighted by Crippen LogP contribution is -2.05. The number of nitrogens with one attached hydrogen (secondary N) is 1. The van der Waals surface area contributed by atoms with Crippen LogP contribution in [-0.4, -0.2) is 0 Å². The second kappa shape index (κ2) is 4.71. The molecule has 0 atom stereocenters. The lowest BCUT2D eigenvalue weighted by atomic mass is 10.2. The predicted octanol–water partition coefficient (Wildman–Crippen LogP) is 3.53. The molecule has 17 heavy (non-hydrogen) atoms. The summed E-state index contributed by atoms with van der Waals surface area (Å²) in [5.41, 5.74) is 7.43. The number of hydrogen-bond acceptors (Lipinski definition) is 3. The van der Waals surface area contributed by atoms with Gasteiger partial charge in [0.25, 0.3) is 0 Å². The van der Waals surface area contributed by atoms with E-state index in [1.54, 1.807) is 11.3 Å². The zero-order valence-corrected chi connectivity index (χ0v) is 10.1. The number of benzene rings is 1. The molecular formula is C12H12F2N2S. The van der Waals surface area contributed by atoms with Gasteiger partial charge in [-0.15, -0.1) is 0 Å². The van der Waals surface area contributed by atoms with Crippen molar-refractivity contribution in [3.8, 4) is 0 Å². The number of halogens is 2. The molecule has 1 heterocycles. The molecule has 0 radical (unpaired) electrons. The van der Waals surface area contributed by atoms with Crippen LogP contribution in [0.4, 0.5) is 20.2 Å². The molecule has 0 unspecified atom stereocenters. The molecule has 0 aliphatic carbocycles. The molecule has 0 fully saturated rings. The van der Waals surface area contributed by atoms with Crippen LogP contribution in [0.1, 0.15) is 11.1 Å². The maximum absolute atomic E-state index is 13.5. The number of thiophene rings is 1. The third kappa shape index (κ3) is 2.55. The standard InChI is InChI=1S/C12H12F2N2S/c1-7-5-17-6-8(7)4-16-12-10(13)2-9(15)3-11(12)14/h2-3,5-6,16H,4,15H2,1H3. The molecule has 1 aromatic heterocycles. The van der Waals surface area contributed by atoms with Crippen LogP contribution < -0.4 is 11.1 Å². The first-order valence-corrected chi connectivity index (χ1v) is 6.02. The van der Waals surface area contributed by atoms with Gasteiger partial charge >= 0.3 is 0 Å². The fourth-order valence-electron chi connectivity index (χ4n) is 1.51. The fraction of sp³-hybridized carbons (Fsp3) is 0.167. The first-order valence-electron chi connectivity index (χ1n) is 5.08. The van der Waals surface area contributed by atoms with Gasteiger partial charge in [-0.1, -0.05) is 0 Å². The third-order valence-corrected chi connectivity index (χ3v) is 3.39. The van der Waals surface area contributed by atoms with Crippen molar-refractivity contribution in [3.05, 3.63) is 45.7 Å². The number of nitrogen functional groups attached to an aromatic ring is 1. The minimum atomic E-state index is -0.671. The van der Waals surface area contributed by atoms with Crippen LogP contribution in [0, 0.1) is 18.6 Å². The summed E-state index contributed by atoms with van der Waals surface area (Å²) < 4.78 is 26.9. The fourth-order valence-corrected chi connectivity index (χ4v) is 2.37. The zero-order chi connectivity index (χ0) is 12.4. The number of hydrogen-bond donors (Lipinski definition) is 2. The van der Waals surface area contributed by atoms with E-state index < -0.39 is 11.6 Å². The summed E-state index contributed by atoms with van der Waals surface area (Å²) in [6, 6.07) is 2.21. The highest BCUT2D eigenvalue weighted by molar-refractivity contribution is 7.08. The Morgan fingerprint density at radius 3 is 2.41 bits per heavy atom. The maximum Gasteiger partial charge on any atom is 0.151 e. The van der Waals surface area contributed by atoms with E-state index in [1.807, 2.05) is 17.7 Å². The van der Waals surface area contributed by atoms with Crippen molar-refractivity contribution in [3.63, 3.8) is 0 Å². The highest BCUT2D eigenvalue weighted by atomic mass is 32.1. The van der Waals surface area contributed by atoms with Gasteiger partial charge in [-0.2, -0.15) is 11.3 Å². The Hall–Kier alpha value is -1.62. The van der Waals surface area contributed by atoms with E-state index in [2.05, 4.69) is 5.32 Å². The Balaban J connectivity index is 2.17. The quantitative estimate of drug-likeness (QED) is 0.822. The van der Waals surface area contributed by atoms with Crippen molar-refractivity contribution in [1.29, 1.82) is 0 Å². The van der Waals surface area contributed by atoms with E-state index in [0.29, 0.717) is 6.54 Å². The van der Waals surface area contributed by atoms with Crippen LogP contribution in [0.5, 0.6) is 0 Å². The first kappa shape index (κ1) is 11.9. The maximum atomic E-state index is 13.5. The van der Waals surface area contributed by atoms with Crippen molar-refractivity contribution in [2.45, 2.75) is 13.5 Å². The molecule has 5 heteroatoms. The molecule has 0 saturated heterocycles. The predicted molar refractivity (Wildman–Crippen MR) is 67.2 cm³/mol. The molecule has 2 aromatic rings. The molecule has 0 saturated carbocycles. The van der Waals surface area contributed by atoms with Crippen LogP contribution in [0.3, 0.4) is 0 Å². The van der Waals surface area contributed by atoms with Crippen LogP contribution in [0.15, 0.2) is 22.9 Å². The average molecular weight is 254 g/mol. The lowest BCUT2D eigenvalue weighted by Gasteiger charge is -2.09. The van der Waals surface area contributed by atoms with Gasteiger partial charge in [-0.05, 0) is 40.9 Å². The van der Waals surface area contributed by atoms with Gasteiger partial charge in [0.05, 0.1) is 0 Å². The lowest BCUT2D eigenvalue weighted by molar-refractivity contribution is 0.589. The molecule has 0 aliphatic rings. The van der Waals surface area contributed by atoms with E-state index in [9.17, 15) is 8.78 Å². The van der Waals surface area contributed by atoms with Crippen LogP contribution in [0.25, 0.3) is 0 Å². The molecule has 3 N–H and O–H groups in total. The van der Waals surface area contributed by atoms with Gasteiger partial charge in [0.15, 0.2) is 11.6 Å². The Labute approximate surface area is 102 Å². The first-order chi connectivity index (χ1) is 8.08. The molecule has 0 amide bonds. The topological polar surface area (TPSA) is 38.0 Å².